The van der Waals surface area contributed by atoms with Crippen molar-refractivity contribution < 1.29 is 0 Å². The van der Waals surface area contributed by atoms with E-state index in [-0.39, 0.29) is 0 Å². The molecule has 4 heteroatoms. The molecule has 0 radical (unpaired) electrons. The van der Waals surface area contributed by atoms with Crippen LogP contribution in [-0.4, -0.2) is 16.3 Å². The third-order valence-electron chi connectivity index (χ3n) is 2.40. The van der Waals surface area contributed by atoms with Crippen LogP contribution in [0.3, 0.4) is 0 Å². The number of fused-ring (bicyclic) bond motifs is 1. The van der Waals surface area contributed by atoms with Gasteiger partial charge in [0.15, 0.2) is 0 Å². The second-order valence-corrected chi connectivity index (χ2v) is 3.81. The van der Waals surface area contributed by atoms with Gasteiger partial charge in [0.2, 0.25) is 0 Å². The molecule has 1 aromatic heterocycles. The molecular formula is C9H16N4. The summed E-state index contributed by atoms with van der Waals surface area (Å²) in [6, 6.07) is 0. The van der Waals surface area contributed by atoms with Gasteiger partial charge in [-0.05, 0) is 12.3 Å². The van der Waals surface area contributed by atoms with Crippen LogP contribution in [0.2, 0.25) is 0 Å². The van der Waals surface area contributed by atoms with Crippen molar-refractivity contribution in [2.45, 2.75) is 32.7 Å². The maximum atomic E-state index is 5.98. The van der Waals surface area contributed by atoms with Gasteiger partial charge in [-0.15, -0.1) is 0 Å². The normalized spacial score (nSPS) is 15.6. The van der Waals surface area contributed by atoms with E-state index in [0.717, 1.165) is 36.7 Å². The fourth-order valence-electron chi connectivity index (χ4n) is 1.70. The zero-order valence-corrected chi connectivity index (χ0v) is 8.17. The molecule has 0 spiro atoms. The summed E-state index contributed by atoms with van der Waals surface area (Å²) in [5, 5.41) is 7.76. The van der Waals surface area contributed by atoms with Crippen molar-refractivity contribution in [3.05, 3.63) is 5.69 Å². The highest BCUT2D eigenvalue weighted by Crippen LogP contribution is 2.29. The molecule has 2 heterocycles. The van der Waals surface area contributed by atoms with Gasteiger partial charge >= 0.3 is 0 Å². The molecule has 72 valence electrons. The molecule has 13 heavy (non-hydrogen) atoms. The molecule has 4 nitrogen and oxygen atoms in total. The Bertz CT molecular complexity index is 314. The number of aryl methyl sites for hydroxylation is 1. The van der Waals surface area contributed by atoms with Crippen LogP contribution in [0.5, 0.6) is 0 Å². The Hall–Kier alpha value is -1.19. The van der Waals surface area contributed by atoms with Crippen LogP contribution in [0.15, 0.2) is 0 Å². The van der Waals surface area contributed by atoms with E-state index in [1.165, 1.54) is 0 Å². The molecule has 1 aromatic rings. The predicted octanol–water partition coefficient (Wildman–Crippen LogP) is 1.40. The molecule has 3 N–H and O–H groups in total. The van der Waals surface area contributed by atoms with E-state index in [1.54, 1.807) is 0 Å². The second kappa shape index (κ2) is 2.94. The Kier molecular flexibility index (Phi) is 1.90. The maximum Gasteiger partial charge on any atom is 0.148 e. The first-order valence-corrected chi connectivity index (χ1v) is 4.80. The molecule has 1 aliphatic heterocycles. The fraction of sp³-hybridized carbons (Fsp3) is 0.667. The number of nitrogens with two attached hydrogens (primary N) is 1. The van der Waals surface area contributed by atoms with Crippen LogP contribution in [-0.2, 0) is 6.54 Å². The highest BCUT2D eigenvalue weighted by molar-refractivity contribution is 5.66. The summed E-state index contributed by atoms with van der Waals surface area (Å²) in [5.74, 6) is 1.41. The van der Waals surface area contributed by atoms with E-state index < -0.39 is 0 Å². The summed E-state index contributed by atoms with van der Waals surface area (Å²) in [6.45, 7) is 6.22. The Morgan fingerprint density at radius 2 is 2.31 bits per heavy atom. The Balaban J connectivity index is 2.44. The lowest BCUT2D eigenvalue weighted by Crippen LogP contribution is -2.18. The lowest BCUT2D eigenvalue weighted by molar-refractivity contribution is 0.557. The van der Waals surface area contributed by atoms with Crippen LogP contribution >= 0.6 is 0 Å². The number of hydrogen-bond acceptors (Lipinski definition) is 3. The molecule has 0 unspecified atom stereocenters. The minimum absolute atomic E-state index is 0.403. The number of aromatic nitrogens is 2. The third kappa shape index (κ3) is 1.26. The molecule has 0 saturated heterocycles. The Labute approximate surface area is 78.1 Å². The van der Waals surface area contributed by atoms with Crippen LogP contribution in [0, 0.1) is 0 Å². The molecule has 0 fully saturated rings. The van der Waals surface area contributed by atoms with Crippen LogP contribution in [0.4, 0.5) is 11.5 Å². The smallest absolute Gasteiger partial charge is 0.148 e. The van der Waals surface area contributed by atoms with Gasteiger partial charge in [-0.1, -0.05) is 13.8 Å². The van der Waals surface area contributed by atoms with Crippen LogP contribution in [0.25, 0.3) is 0 Å². The van der Waals surface area contributed by atoms with E-state index in [0.29, 0.717) is 5.92 Å². The number of anilines is 2. The standard InChI is InChI=1S/C9H16N4/c1-6(2)8-7(10)9-11-4-3-5-13(9)12-8/h6,11H,3-5,10H2,1-2H3. The van der Waals surface area contributed by atoms with Crippen molar-refractivity contribution in [1.29, 1.82) is 0 Å². The van der Waals surface area contributed by atoms with E-state index in [1.807, 2.05) is 4.68 Å². The topological polar surface area (TPSA) is 55.9 Å². The fourth-order valence-corrected chi connectivity index (χ4v) is 1.70. The molecule has 0 saturated carbocycles. The van der Waals surface area contributed by atoms with Gasteiger partial charge in [0.1, 0.15) is 5.82 Å². The monoisotopic (exact) mass is 180 g/mol. The van der Waals surface area contributed by atoms with Gasteiger partial charge in [0.05, 0.1) is 11.4 Å². The molecule has 2 rings (SSSR count). The minimum atomic E-state index is 0.403. The van der Waals surface area contributed by atoms with Gasteiger partial charge in [-0.3, -0.25) is 0 Å². The van der Waals surface area contributed by atoms with Gasteiger partial charge in [0.25, 0.3) is 0 Å². The van der Waals surface area contributed by atoms with Crippen molar-refractivity contribution in [2.75, 3.05) is 17.6 Å². The summed E-state index contributed by atoms with van der Waals surface area (Å²) in [5.41, 5.74) is 7.83. The van der Waals surface area contributed by atoms with E-state index >= 15 is 0 Å². The first-order chi connectivity index (χ1) is 6.20. The van der Waals surface area contributed by atoms with Crippen molar-refractivity contribution in [3.63, 3.8) is 0 Å². The van der Waals surface area contributed by atoms with E-state index in [2.05, 4.69) is 24.3 Å². The molecule has 1 aliphatic rings. The van der Waals surface area contributed by atoms with Crippen molar-refractivity contribution >= 4 is 11.5 Å². The summed E-state index contributed by atoms with van der Waals surface area (Å²) < 4.78 is 1.98. The quantitative estimate of drug-likeness (QED) is 0.687. The Morgan fingerprint density at radius 1 is 1.54 bits per heavy atom. The first-order valence-electron chi connectivity index (χ1n) is 4.80. The highest BCUT2D eigenvalue weighted by atomic mass is 15.4. The summed E-state index contributed by atoms with van der Waals surface area (Å²) in [7, 11) is 0. The predicted molar refractivity (Wildman–Crippen MR) is 53.8 cm³/mol. The molecule has 0 atom stereocenters. The van der Waals surface area contributed by atoms with Gasteiger partial charge in [-0.2, -0.15) is 5.10 Å². The number of rotatable bonds is 1. The van der Waals surface area contributed by atoms with Crippen LogP contribution in [0.1, 0.15) is 31.9 Å². The van der Waals surface area contributed by atoms with Crippen molar-refractivity contribution in [3.8, 4) is 0 Å². The van der Waals surface area contributed by atoms with E-state index in [9.17, 15) is 0 Å². The lowest BCUT2D eigenvalue weighted by Gasteiger charge is -2.15. The molecule has 0 bridgehead atoms. The third-order valence-corrected chi connectivity index (χ3v) is 2.40. The summed E-state index contributed by atoms with van der Waals surface area (Å²) >= 11 is 0. The van der Waals surface area contributed by atoms with Gasteiger partial charge < -0.3 is 11.1 Å². The Morgan fingerprint density at radius 3 is 2.92 bits per heavy atom. The van der Waals surface area contributed by atoms with Crippen LogP contribution < -0.4 is 11.1 Å². The minimum Gasteiger partial charge on any atom is -0.394 e. The maximum absolute atomic E-state index is 5.98. The van der Waals surface area contributed by atoms with Crippen molar-refractivity contribution in [2.24, 2.45) is 0 Å². The SMILES string of the molecule is CC(C)c1nn2c(c1N)NCCC2. The molecule has 0 aromatic carbocycles. The number of hydrogen-bond donors (Lipinski definition) is 2. The number of nitrogens with zero attached hydrogens (tertiary/aromatic N) is 2. The van der Waals surface area contributed by atoms with E-state index in [4.69, 9.17) is 5.73 Å². The molecular weight excluding hydrogens is 164 g/mol. The average molecular weight is 180 g/mol. The van der Waals surface area contributed by atoms with Crippen molar-refractivity contribution in [1.82, 2.24) is 9.78 Å². The molecule has 0 amide bonds. The zero-order chi connectivity index (χ0) is 9.42. The molecule has 0 aliphatic carbocycles. The average Bonchev–Trinajstić information content (AvgIpc) is 2.45. The number of nitrogen functional groups attached to an aromatic ring is 1. The largest absolute Gasteiger partial charge is 0.394 e. The first kappa shape index (κ1) is 8.41. The number of nitrogens with one attached hydrogen (secondary N) is 1. The zero-order valence-electron chi connectivity index (χ0n) is 8.17. The summed E-state index contributed by atoms with van der Waals surface area (Å²) in [6.07, 6.45) is 1.13. The lowest BCUT2D eigenvalue weighted by atomic mass is 10.1. The highest BCUT2D eigenvalue weighted by Gasteiger charge is 2.19. The second-order valence-electron chi connectivity index (χ2n) is 3.81. The summed E-state index contributed by atoms with van der Waals surface area (Å²) in [4.78, 5) is 0. The van der Waals surface area contributed by atoms with Gasteiger partial charge in [-0.25, -0.2) is 4.68 Å². The van der Waals surface area contributed by atoms with Gasteiger partial charge in [0, 0.05) is 13.1 Å².